The van der Waals surface area contributed by atoms with Crippen molar-refractivity contribution in [2.24, 2.45) is 11.3 Å². The highest BCUT2D eigenvalue weighted by molar-refractivity contribution is 5.90. The van der Waals surface area contributed by atoms with E-state index in [4.69, 9.17) is 28.1 Å². The van der Waals surface area contributed by atoms with Gasteiger partial charge in [-0.3, -0.25) is 14.9 Å². The van der Waals surface area contributed by atoms with E-state index in [1.165, 1.54) is 44.4 Å². The summed E-state index contributed by atoms with van der Waals surface area (Å²) < 4.78 is 36.5. The highest BCUT2D eigenvalue weighted by Crippen LogP contribution is 2.69. The molecule has 2 heterocycles. The Kier molecular flexibility index (Phi) is 8.59. The molecular formula is C36H37NO13. The summed E-state index contributed by atoms with van der Waals surface area (Å²) in [4.78, 5) is 64.2. The van der Waals surface area contributed by atoms with Crippen LogP contribution < -0.4 is 0 Å². The number of hydrogen-bond acceptors (Lipinski definition) is 13. The first kappa shape index (κ1) is 34.8. The van der Waals surface area contributed by atoms with Gasteiger partial charge in [0.1, 0.15) is 23.9 Å². The number of rotatable bonds is 8. The third kappa shape index (κ3) is 5.52. The summed E-state index contributed by atoms with van der Waals surface area (Å²) in [7, 11) is 0. The van der Waals surface area contributed by atoms with Crippen molar-refractivity contribution in [3.05, 3.63) is 100.0 Å². The number of ether oxygens (including phenoxy) is 5. The number of carbonyl (C=O) groups excluding carboxylic acids is 4. The Balaban J connectivity index is 1.49. The van der Waals surface area contributed by atoms with E-state index in [0.717, 1.165) is 12.1 Å². The van der Waals surface area contributed by atoms with Gasteiger partial charge in [0.2, 0.25) is 5.76 Å². The number of nitrogens with zero attached hydrogens (tertiary/aromatic N) is 1. The lowest BCUT2D eigenvalue weighted by molar-refractivity contribution is -0.384. The van der Waals surface area contributed by atoms with Crippen molar-refractivity contribution in [3.8, 4) is 0 Å². The summed E-state index contributed by atoms with van der Waals surface area (Å²) in [5, 5.41) is 23.9. The Hall–Kier alpha value is -5.08. The monoisotopic (exact) mass is 691 g/mol. The normalized spacial score (nSPS) is 32.2. The van der Waals surface area contributed by atoms with Crippen LogP contribution in [0.3, 0.4) is 0 Å². The fourth-order valence-corrected chi connectivity index (χ4v) is 8.24. The zero-order chi connectivity index (χ0) is 36.2. The zero-order valence-electron chi connectivity index (χ0n) is 28.0. The van der Waals surface area contributed by atoms with E-state index >= 15 is 0 Å². The van der Waals surface area contributed by atoms with Gasteiger partial charge in [-0.25, -0.2) is 14.4 Å². The summed E-state index contributed by atoms with van der Waals surface area (Å²) >= 11 is 0. The van der Waals surface area contributed by atoms with E-state index in [-0.39, 0.29) is 35.4 Å². The topological polar surface area (TPSA) is 191 Å². The summed E-state index contributed by atoms with van der Waals surface area (Å²) in [6, 6.07) is 15.9. The minimum absolute atomic E-state index is 0.000985. The lowest BCUT2D eigenvalue weighted by Crippen LogP contribution is -2.81. The Morgan fingerprint density at radius 2 is 1.46 bits per heavy atom. The van der Waals surface area contributed by atoms with Crippen LogP contribution in [0.1, 0.15) is 78.7 Å². The standard InChI is InChI=1S/C36H37NO13/c1-20(38)46-29-26(47-30(39)21-10-7-6-8-11-21)19-34(4,42)36-28(49-31(40)22-13-15-23(16-14-22)37(43)44)24(33(2,3)50-36)18-27(35(29,36)5)48-32(41)25-12-9-17-45-25/h6-17,24,26-29,42H,18-19H2,1-5H3/t24?,26-,27-,28+,29-,34-,35+,36?/m0/s1. The minimum atomic E-state index is -2.00. The van der Waals surface area contributed by atoms with Crippen molar-refractivity contribution in [1.29, 1.82) is 0 Å². The van der Waals surface area contributed by atoms with Crippen LogP contribution in [0.2, 0.25) is 0 Å². The fourth-order valence-electron chi connectivity index (χ4n) is 8.24. The second kappa shape index (κ2) is 12.4. The Morgan fingerprint density at radius 3 is 2.06 bits per heavy atom. The Bertz CT molecular complexity index is 1800. The number of esters is 4. The molecule has 1 N–H and O–H groups in total. The number of nitro benzene ring substituents is 1. The smallest absolute Gasteiger partial charge is 0.374 e. The van der Waals surface area contributed by atoms with Crippen LogP contribution in [0.15, 0.2) is 77.4 Å². The van der Waals surface area contributed by atoms with Gasteiger partial charge >= 0.3 is 23.9 Å². The molecule has 1 saturated heterocycles. The van der Waals surface area contributed by atoms with E-state index < -0.39 is 81.4 Å². The highest BCUT2D eigenvalue weighted by Gasteiger charge is 2.84. The van der Waals surface area contributed by atoms with Gasteiger partial charge in [0.15, 0.2) is 6.10 Å². The summed E-state index contributed by atoms with van der Waals surface area (Å²) in [6.45, 7) is 7.69. The van der Waals surface area contributed by atoms with Crippen molar-refractivity contribution < 1.29 is 57.3 Å². The number of non-ortho nitro benzene ring substituents is 1. The number of hydrogen-bond donors (Lipinski definition) is 1. The van der Waals surface area contributed by atoms with Gasteiger partial charge in [-0.2, -0.15) is 0 Å². The predicted octanol–water partition coefficient (Wildman–Crippen LogP) is 4.82. The third-order valence-electron chi connectivity index (χ3n) is 10.4. The number of benzene rings is 2. The predicted molar refractivity (Wildman–Crippen MR) is 171 cm³/mol. The first-order valence-electron chi connectivity index (χ1n) is 16.1. The molecule has 14 heteroatoms. The van der Waals surface area contributed by atoms with Gasteiger partial charge < -0.3 is 33.2 Å². The van der Waals surface area contributed by atoms with E-state index in [1.54, 1.807) is 51.1 Å². The van der Waals surface area contributed by atoms with Crippen LogP contribution in [0.4, 0.5) is 5.69 Å². The molecular weight excluding hydrogens is 654 g/mol. The molecule has 2 aliphatic carbocycles. The average Bonchev–Trinajstić information content (AvgIpc) is 3.66. The maximum Gasteiger partial charge on any atom is 0.374 e. The van der Waals surface area contributed by atoms with E-state index in [9.17, 15) is 34.4 Å². The first-order chi connectivity index (χ1) is 23.5. The molecule has 1 spiro atoms. The van der Waals surface area contributed by atoms with E-state index in [1.807, 2.05) is 0 Å². The van der Waals surface area contributed by atoms with Gasteiger partial charge in [0.05, 0.1) is 38.9 Å². The quantitative estimate of drug-likeness (QED) is 0.146. The molecule has 2 aromatic carbocycles. The van der Waals surface area contributed by atoms with Crippen molar-refractivity contribution in [2.75, 3.05) is 0 Å². The summed E-state index contributed by atoms with van der Waals surface area (Å²) in [5.41, 5.74) is -6.86. The molecule has 2 saturated carbocycles. The van der Waals surface area contributed by atoms with E-state index in [2.05, 4.69) is 0 Å². The van der Waals surface area contributed by atoms with Crippen LogP contribution in [-0.4, -0.2) is 75.1 Å². The molecule has 264 valence electrons. The minimum Gasteiger partial charge on any atom is -0.458 e. The summed E-state index contributed by atoms with van der Waals surface area (Å²) in [6.07, 6.45) is -4.18. The number of aliphatic hydroxyl groups is 1. The number of fused-ring (bicyclic) bond motifs is 1. The molecule has 8 atom stereocenters. The van der Waals surface area contributed by atoms with E-state index in [0.29, 0.717) is 0 Å². The maximum atomic E-state index is 13.8. The average molecular weight is 692 g/mol. The lowest BCUT2D eigenvalue weighted by Gasteiger charge is -2.65. The van der Waals surface area contributed by atoms with Crippen LogP contribution in [-0.2, 0) is 28.5 Å². The highest BCUT2D eigenvalue weighted by atomic mass is 16.6. The lowest BCUT2D eigenvalue weighted by atomic mass is 9.47. The van der Waals surface area contributed by atoms with Gasteiger partial charge in [-0.15, -0.1) is 0 Å². The molecule has 2 bridgehead atoms. The SMILES string of the molecule is CC(=O)O[C@H]1[C@@H](OC(=O)c2ccccc2)C[C@](C)(O)C23OC(C)(C)C(C[C@H](OC(=O)c4ccco4)[C@]12C)[C@H]3OC(=O)c1ccc([N+](=O)[O-])cc1. The molecule has 1 aromatic heterocycles. The molecule has 0 radical (unpaired) electrons. The molecule has 0 amide bonds. The maximum absolute atomic E-state index is 13.8. The number of nitro groups is 1. The van der Waals surface area contributed by atoms with Crippen molar-refractivity contribution in [1.82, 2.24) is 0 Å². The van der Waals surface area contributed by atoms with Crippen LogP contribution in [0, 0.1) is 21.4 Å². The molecule has 3 aliphatic rings. The molecule has 2 unspecified atom stereocenters. The van der Waals surface area contributed by atoms with Crippen LogP contribution in [0.25, 0.3) is 0 Å². The molecule has 3 aromatic rings. The van der Waals surface area contributed by atoms with Gasteiger partial charge in [0.25, 0.3) is 5.69 Å². The largest absolute Gasteiger partial charge is 0.458 e. The van der Waals surface area contributed by atoms with Gasteiger partial charge in [0, 0.05) is 31.4 Å². The van der Waals surface area contributed by atoms with Crippen LogP contribution >= 0.6 is 0 Å². The molecule has 14 nitrogen and oxygen atoms in total. The Labute approximate surface area is 286 Å². The fraction of sp³-hybridized carbons (Fsp3) is 0.444. The first-order valence-corrected chi connectivity index (χ1v) is 16.1. The van der Waals surface area contributed by atoms with Crippen molar-refractivity contribution in [2.45, 2.75) is 88.7 Å². The van der Waals surface area contributed by atoms with Crippen molar-refractivity contribution in [3.63, 3.8) is 0 Å². The van der Waals surface area contributed by atoms with Crippen molar-refractivity contribution >= 4 is 29.6 Å². The molecule has 50 heavy (non-hydrogen) atoms. The molecule has 6 rings (SSSR count). The second-order valence-electron chi connectivity index (χ2n) is 13.9. The Morgan fingerprint density at radius 1 is 0.820 bits per heavy atom. The number of carbonyl (C=O) groups is 4. The number of furan rings is 1. The molecule has 3 fully saturated rings. The van der Waals surface area contributed by atoms with Crippen LogP contribution in [0.5, 0.6) is 0 Å². The molecule has 1 aliphatic heterocycles. The van der Waals surface area contributed by atoms with Gasteiger partial charge in [-0.05, 0) is 70.5 Å². The summed E-state index contributed by atoms with van der Waals surface area (Å²) in [5.74, 6) is -4.04. The second-order valence-corrected chi connectivity index (χ2v) is 13.9. The third-order valence-corrected chi connectivity index (χ3v) is 10.4. The zero-order valence-corrected chi connectivity index (χ0v) is 28.0. The van der Waals surface area contributed by atoms with Gasteiger partial charge in [-0.1, -0.05) is 18.2 Å².